The Bertz CT molecular complexity index is 367. The van der Waals surface area contributed by atoms with Crippen molar-refractivity contribution >= 4 is 11.5 Å². The fraction of sp³-hybridized carbons (Fsp3) is 0.500. The van der Waals surface area contributed by atoms with Crippen molar-refractivity contribution in [1.82, 2.24) is 0 Å². The first-order valence-electron chi connectivity index (χ1n) is 6.13. The van der Waals surface area contributed by atoms with Crippen LogP contribution in [0.4, 0.5) is 5.69 Å². The molecule has 2 heteroatoms. The number of carbonyl (C=O) groups is 1. The number of anilines is 1. The second-order valence-corrected chi connectivity index (χ2v) is 4.69. The van der Waals surface area contributed by atoms with Crippen LogP contribution in [0.2, 0.25) is 0 Å². The van der Waals surface area contributed by atoms with Gasteiger partial charge in [-0.15, -0.1) is 0 Å². The first kappa shape index (κ1) is 11.2. The first-order valence-corrected chi connectivity index (χ1v) is 6.13. The molecule has 0 saturated heterocycles. The number of nitrogen functional groups attached to an aromatic ring is 1. The number of hydrogen-bond donors (Lipinski definition) is 1. The average Bonchev–Trinajstić information content (AvgIpc) is 2.79. The molecule has 0 spiro atoms. The number of rotatable bonds is 4. The summed E-state index contributed by atoms with van der Waals surface area (Å²) < 4.78 is 0. The molecule has 2 nitrogen and oxygen atoms in total. The van der Waals surface area contributed by atoms with Crippen LogP contribution in [0.3, 0.4) is 0 Å². The Balaban J connectivity index is 1.84. The molecule has 0 bridgehead atoms. The smallest absolute Gasteiger partial charge is 0.136 e. The summed E-state index contributed by atoms with van der Waals surface area (Å²) in [7, 11) is 0. The normalized spacial score (nSPS) is 16.5. The molecule has 16 heavy (non-hydrogen) atoms. The second kappa shape index (κ2) is 5.15. The van der Waals surface area contributed by atoms with E-state index in [2.05, 4.69) is 0 Å². The van der Waals surface area contributed by atoms with Gasteiger partial charge in [0.25, 0.3) is 0 Å². The van der Waals surface area contributed by atoms with Crippen LogP contribution in [-0.2, 0) is 11.2 Å². The van der Waals surface area contributed by atoms with Crippen molar-refractivity contribution in [3.63, 3.8) is 0 Å². The van der Waals surface area contributed by atoms with Crippen molar-refractivity contribution in [1.29, 1.82) is 0 Å². The SMILES string of the molecule is Nc1cccc(CCC(=O)C2CCCC2)c1. The van der Waals surface area contributed by atoms with Crippen LogP contribution < -0.4 is 5.73 Å². The number of ketones is 1. The van der Waals surface area contributed by atoms with Gasteiger partial charge in [0.2, 0.25) is 0 Å². The molecule has 0 atom stereocenters. The molecule has 2 rings (SSSR count). The van der Waals surface area contributed by atoms with Crippen molar-refractivity contribution < 1.29 is 4.79 Å². The van der Waals surface area contributed by atoms with E-state index in [1.807, 2.05) is 24.3 Å². The van der Waals surface area contributed by atoms with E-state index in [-0.39, 0.29) is 0 Å². The summed E-state index contributed by atoms with van der Waals surface area (Å²) in [5, 5.41) is 0. The fourth-order valence-electron chi connectivity index (χ4n) is 2.47. The highest BCUT2D eigenvalue weighted by atomic mass is 16.1. The van der Waals surface area contributed by atoms with Gasteiger partial charge in [0, 0.05) is 18.0 Å². The lowest BCUT2D eigenvalue weighted by Crippen LogP contribution is -2.11. The topological polar surface area (TPSA) is 43.1 Å². The Kier molecular flexibility index (Phi) is 3.60. The van der Waals surface area contributed by atoms with E-state index in [0.29, 0.717) is 18.1 Å². The minimum atomic E-state index is 0.348. The van der Waals surface area contributed by atoms with Gasteiger partial charge >= 0.3 is 0 Å². The third kappa shape index (κ3) is 2.84. The number of benzene rings is 1. The molecule has 0 radical (unpaired) electrons. The lowest BCUT2D eigenvalue weighted by atomic mass is 9.97. The number of nitrogens with two attached hydrogens (primary N) is 1. The molecule has 0 amide bonds. The van der Waals surface area contributed by atoms with E-state index >= 15 is 0 Å². The maximum atomic E-state index is 11.9. The van der Waals surface area contributed by atoms with Crippen LogP contribution in [-0.4, -0.2) is 5.78 Å². The van der Waals surface area contributed by atoms with Gasteiger partial charge in [-0.2, -0.15) is 0 Å². The predicted molar refractivity (Wildman–Crippen MR) is 66.1 cm³/mol. The predicted octanol–water partition coefficient (Wildman–Crippen LogP) is 2.96. The van der Waals surface area contributed by atoms with Crippen molar-refractivity contribution in [3.8, 4) is 0 Å². The van der Waals surface area contributed by atoms with Gasteiger partial charge in [0.15, 0.2) is 0 Å². The molecule has 1 aliphatic carbocycles. The van der Waals surface area contributed by atoms with Gasteiger partial charge in [-0.1, -0.05) is 25.0 Å². The van der Waals surface area contributed by atoms with E-state index in [0.717, 1.165) is 24.9 Å². The average molecular weight is 217 g/mol. The number of hydrogen-bond acceptors (Lipinski definition) is 2. The largest absolute Gasteiger partial charge is 0.399 e. The first-order chi connectivity index (χ1) is 7.75. The van der Waals surface area contributed by atoms with Crippen molar-refractivity contribution in [2.24, 2.45) is 5.92 Å². The third-order valence-electron chi connectivity index (χ3n) is 3.42. The molecule has 2 N–H and O–H groups in total. The van der Waals surface area contributed by atoms with Crippen molar-refractivity contribution in [2.45, 2.75) is 38.5 Å². The van der Waals surface area contributed by atoms with E-state index in [1.165, 1.54) is 18.4 Å². The molecule has 1 fully saturated rings. The van der Waals surface area contributed by atoms with Crippen LogP contribution in [0.15, 0.2) is 24.3 Å². The Labute approximate surface area is 96.8 Å². The molecule has 0 unspecified atom stereocenters. The highest BCUT2D eigenvalue weighted by Crippen LogP contribution is 2.26. The lowest BCUT2D eigenvalue weighted by molar-refractivity contribution is -0.122. The van der Waals surface area contributed by atoms with Gasteiger partial charge < -0.3 is 5.73 Å². The zero-order valence-corrected chi connectivity index (χ0v) is 9.61. The zero-order chi connectivity index (χ0) is 11.4. The molecule has 1 aromatic carbocycles. The summed E-state index contributed by atoms with van der Waals surface area (Å²) in [5.74, 6) is 0.793. The van der Waals surface area contributed by atoms with Crippen LogP contribution in [0.1, 0.15) is 37.7 Å². The summed E-state index contributed by atoms with van der Waals surface area (Å²) >= 11 is 0. The molecule has 0 aliphatic heterocycles. The summed E-state index contributed by atoms with van der Waals surface area (Å²) in [6.45, 7) is 0. The van der Waals surface area contributed by atoms with Gasteiger partial charge in [-0.05, 0) is 37.0 Å². The summed E-state index contributed by atoms with van der Waals surface area (Å²) in [4.78, 5) is 11.9. The maximum Gasteiger partial charge on any atom is 0.136 e. The van der Waals surface area contributed by atoms with Crippen LogP contribution in [0.25, 0.3) is 0 Å². The minimum Gasteiger partial charge on any atom is -0.399 e. The quantitative estimate of drug-likeness (QED) is 0.788. The summed E-state index contributed by atoms with van der Waals surface area (Å²) in [6.07, 6.45) is 6.18. The van der Waals surface area contributed by atoms with Crippen molar-refractivity contribution in [2.75, 3.05) is 5.73 Å². The molecule has 86 valence electrons. The lowest BCUT2D eigenvalue weighted by Gasteiger charge is -2.07. The highest BCUT2D eigenvalue weighted by molar-refractivity contribution is 5.81. The summed E-state index contributed by atoms with van der Waals surface area (Å²) in [5.41, 5.74) is 7.66. The van der Waals surface area contributed by atoms with Gasteiger partial charge in [-0.25, -0.2) is 0 Å². The monoisotopic (exact) mass is 217 g/mol. The van der Waals surface area contributed by atoms with Gasteiger partial charge in [0.1, 0.15) is 5.78 Å². The number of aryl methyl sites for hydroxylation is 1. The second-order valence-electron chi connectivity index (χ2n) is 4.69. The Morgan fingerprint density at radius 2 is 2.06 bits per heavy atom. The van der Waals surface area contributed by atoms with E-state index < -0.39 is 0 Å². The fourth-order valence-corrected chi connectivity index (χ4v) is 2.47. The van der Waals surface area contributed by atoms with Gasteiger partial charge in [-0.3, -0.25) is 4.79 Å². The Morgan fingerprint density at radius 1 is 1.31 bits per heavy atom. The molecule has 0 aromatic heterocycles. The molecule has 1 aliphatic rings. The van der Waals surface area contributed by atoms with Crippen molar-refractivity contribution in [3.05, 3.63) is 29.8 Å². The zero-order valence-electron chi connectivity index (χ0n) is 9.61. The van der Waals surface area contributed by atoms with E-state index in [4.69, 9.17) is 5.73 Å². The molecular formula is C14H19NO. The molecule has 0 heterocycles. The standard InChI is InChI=1S/C14H19NO/c15-13-7-3-4-11(10-13)8-9-14(16)12-5-1-2-6-12/h3-4,7,10,12H,1-2,5-6,8-9,15H2. The van der Waals surface area contributed by atoms with Crippen LogP contribution in [0.5, 0.6) is 0 Å². The molecule has 1 saturated carbocycles. The highest BCUT2D eigenvalue weighted by Gasteiger charge is 2.21. The van der Waals surface area contributed by atoms with Crippen LogP contribution >= 0.6 is 0 Å². The number of carbonyl (C=O) groups excluding carboxylic acids is 1. The third-order valence-corrected chi connectivity index (χ3v) is 3.42. The number of Topliss-reactive ketones (excluding diaryl/α,β-unsaturated/α-hetero) is 1. The van der Waals surface area contributed by atoms with E-state index in [1.54, 1.807) is 0 Å². The van der Waals surface area contributed by atoms with Gasteiger partial charge in [0.05, 0.1) is 0 Å². The summed E-state index contributed by atoms with van der Waals surface area (Å²) in [6, 6.07) is 7.83. The minimum absolute atomic E-state index is 0.348. The molecular weight excluding hydrogens is 198 g/mol. The Hall–Kier alpha value is -1.31. The molecule has 1 aromatic rings. The van der Waals surface area contributed by atoms with E-state index in [9.17, 15) is 4.79 Å². The van der Waals surface area contributed by atoms with Crippen LogP contribution in [0, 0.1) is 5.92 Å². The Morgan fingerprint density at radius 3 is 2.75 bits per heavy atom. The maximum absolute atomic E-state index is 11.9.